The highest BCUT2D eigenvalue weighted by Gasteiger charge is 2.44. The van der Waals surface area contributed by atoms with Crippen LogP contribution in [0.2, 0.25) is 0 Å². The standard InChI is InChI=1S/C12H19N3O5/c16-5-8-7(17)3-10(20-8)15-4-6-1-2-9(18)13-11(6)14-12(15)19/h6-8,10-11,16-17H,1-5H2,(H,13,18)(H,14,19)/t6?,7-,8+,10+,11?/m0/s1. The normalized spacial score (nSPS) is 41.1. The average Bonchev–Trinajstić information content (AvgIpc) is 2.79. The lowest BCUT2D eigenvalue weighted by atomic mass is 9.93. The van der Waals surface area contributed by atoms with Crippen LogP contribution in [0, 0.1) is 5.92 Å². The van der Waals surface area contributed by atoms with Crippen molar-refractivity contribution in [3.63, 3.8) is 0 Å². The lowest BCUT2D eigenvalue weighted by Gasteiger charge is -2.43. The molecule has 0 saturated carbocycles. The number of ether oxygens (including phenoxy) is 1. The third-order valence-electron chi connectivity index (χ3n) is 4.23. The first-order valence-corrected chi connectivity index (χ1v) is 6.89. The minimum atomic E-state index is -0.762. The van der Waals surface area contributed by atoms with E-state index in [1.165, 1.54) is 4.90 Å². The Morgan fingerprint density at radius 3 is 2.85 bits per heavy atom. The van der Waals surface area contributed by atoms with Gasteiger partial charge in [-0.1, -0.05) is 0 Å². The molecule has 2 unspecified atom stereocenters. The second-order valence-electron chi connectivity index (χ2n) is 5.56. The number of fused-ring (bicyclic) bond motifs is 1. The highest BCUT2D eigenvalue weighted by atomic mass is 16.5. The van der Waals surface area contributed by atoms with E-state index in [1.54, 1.807) is 0 Å². The van der Waals surface area contributed by atoms with Gasteiger partial charge in [0.2, 0.25) is 5.91 Å². The second kappa shape index (κ2) is 5.19. The van der Waals surface area contributed by atoms with Gasteiger partial charge in [0.15, 0.2) is 0 Å². The van der Waals surface area contributed by atoms with Crippen molar-refractivity contribution in [2.45, 2.75) is 43.9 Å². The van der Waals surface area contributed by atoms with E-state index in [0.29, 0.717) is 25.8 Å². The number of aliphatic hydroxyl groups excluding tert-OH is 2. The molecule has 3 rings (SSSR count). The van der Waals surface area contributed by atoms with Crippen molar-refractivity contribution in [2.75, 3.05) is 13.2 Å². The van der Waals surface area contributed by atoms with Gasteiger partial charge in [-0.05, 0) is 6.42 Å². The van der Waals surface area contributed by atoms with Crippen LogP contribution in [0.25, 0.3) is 0 Å². The molecule has 0 spiro atoms. The summed E-state index contributed by atoms with van der Waals surface area (Å²) in [6, 6.07) is -0.316. The Morgan fingerprint density at radius 2 is 2.15 bits per heavy atom. The summed E-state index contributed by atoms with van der Waals surface area (Å²) in [7, 11) is 0. The van der Waals surface area contributed by atoms with Crippen LogP contribution < -0.4 is 10.6 Å². The largest absolute Gasteiger partial charge is 0.394 e. The summed E-state index contributed by atoms with van der Waals surface area (Å²) in [6.45, 7) is 0.210. The van der Waals surface area contributed by atoms with Gasteiger partial charge in [0.1, 0.15) is 18.5 Å². The Bertz CT molecular complexity index is 418. The van der Waals surface area contributed by atoms with E-state index in [9.17, 15) is 14.7 Å². The van der Waals surface area contributed by atoms with Crippen molar-refractivity contribution < 1.29 is 24.5 Å². The molecule has 8 heteroatoms. The number of amides is 3. The zero-order valence-electron chi connectivity index (χ0n) is 11.0. The molecular formula is C12H19N3O5. The lowest BCUT2D eigenvalue weighted by molar-refractivity contribution is -0.126. The summed E-state index contributed by atoms with van der Waals surface area (Å²) >= 11 is 0. The Balaban J connectivity index is 1.67. The van der Waals surface area contributed by atoms with E-state index in [0.717, 1.165) is 0 Å². The first-order valence-electron chi connectivity index (χ1n) is 6.89. The smallest absolute Gasteiger partial charge is 0.321 e. The molecule has 5 atom stereocenters. The summed E-state index contributed by atoms with van der Waals surface area (Å²) in [5, 5.41) is 24.3. The van der Waals surface area contributed by atoms with Crippen molar-refractivity contribution in [1.82, 2.24) is 15.5 Å². The lowest BCUT2D eigenvalue weighted by Crippen LogP contribution is -2.66. The molecule has 3 saturated heterocycles. The Morgan fingerprint density at radius 1 is 1.35 bits per heavy atom. The van der Waals surface area contributed by atoms with Crippen LogP contribution in [0.3, 0.4) is 0 Å². The molecule has 0 aromatic heterocycles. The second-order valence-corrected chi connectivity index (χ2v) is 5.56. The first kappa shape index (κ1) is 13.6. The number of carbonyl (C=O) groups excluding carboxylic acids is 2. The van der Waals surface area contributed by atoms with Gasteiger partial charge in [0.25, 0.3) is 0 Å². The number of nitrogens with one attached hydrogen (secondary N) is 2. The summed E-state index contributed by atoms with van der Waals surface area (Å²) in [5.74, 6) is 0.0900. The SMILES string of the molecule is O=C1CCC2CN([C@H]3C[C@H](O)[C@@H](CO)O3)C(=O)NC2N1. The first-order chi connectivity index (χ1) is 9.58. The quantitative estimate of drug-likeness (QED) is 0.485. The molecule has 3 fully saturated rings. The molecule has 3 amide bonds. The van der Waals surface area contributed by atoms with E-state index < -0.39 is 18.4 Å². The minimum Gasteiger partial charge on any atom is -0.394 e. The molecule has 0 aromatic carbocycles. The van der Waals surface area contributed by atoms with E-state index in [4.69, 9.17) is 9.84 Å². The number of rotatable bonds is 2. The maximum Gasteiger partial charge on any atom is 0.321 e. The van der Waals surface area contributed by atoms with Gasteiger partial charge < -0.3 is 25.6 Å². The van der Waals surface area contributed by atoms with Crippen molar-refractivity contribution in [1.29, 1.82) is 0 Å². The molecule has 20 heavy (non-hydrogen) atoms. The predicted molar refractivity (Wildman–Crippen MR) is 66.3 cm³/mol. The van der Waals surface area contributed by atoms with Crippen molar-refractivity contribution in [3.05, 3.63) is 0 Å². The average molecular weight is 285 g/mol. The maximum atomic E-state index is 12.1. The topological polar surface area (TPSA) is 111 Å². The van der Waals surface area contributed by atoms with E-state index >= 15 is 0 Å². The van der Waals surface area contributed by atoms with E-state index in [2.05, 4.69) is 10.6 Å². The van der Waals surface area contributed by atoms with E-state index in [-0.39, 0.29) is 30.6 Å². The summed E-state index contributed by atoms with van der Waals surface area (Å²) in [6.07, 6.45) is -0.786. The predicted octanol–water partition coefficient (Wildman–Crippen LogP) is -1.67. The van der Waals surface area contributed by atoms with Crippen LogP contribution in [0.1, 0.15) is 19.3 Å². The number of hydrogen-bond acceptors (Lipinski definition) is 5. The fraction of sp³-hybridized carbons (Fsp3) is 0.833. The van der Waals surface area contributed by atoms with Crippen molar-refractivity contribution in [3.8, 4) is 0 Å². The number of aliphatic hydroxyl groups is 2. The third-order valence-corrected chi connectivity index (χ3v) is 4.23. The van der Waals surface area contributed by atoms with Gasteiger partial charge in [0.05, 0.1) is 12.7 Å². The summed E-state index contributed by atoms with van der Waals surface area (Å²) < 4.78 is 5.51. The summed E-state index contributed by atoms with van der Waals surface area (Å²) in [5.41, 5.74) is 0. The van der Waals surface area contributed by atoms with Crippen LogP contribution in [0.15, 0.2) is 0 Å². The molecular weight excluding hydrogens is 266 g/mol. The monoisotopic (exact) mass is 285 g/mol. The molecule has 0 bridgehead atoms. The number of piperidine rings is 1. The molecule has 0 aliphatic carbocycles. The maximum absolute atomic E-state index is 12.1. The fourth-order valence-electron chi connectivity index (χ4n) is 3.07. The fourth-order valence-corrected chi connectivity index (χ4v) is 3.07. The van der Waals surface area contributed by atoms with Gasteiger partial charge in [-0.2, -0.15) is 0 Å². The van der Waals surface area contributed by atoms with Gasteiger partial charge in [0, 0.05) is 25.3 Å². The van der Waals surface area contributed by atoms with Gasteiger partial charge >= 0.3 is 6.03 Å². The number of nitrogens with zero attached hydrogens (tertiary/aromatic N) is 1. The van der Waals surface area contributed by atoms with E-state index in [1.807, 2.05) is 0 Å². The molecule has 3 heterocycles. The molecule has 3 aliphatic rings. The molecule has 4 N–H and O–H groups in total. The molecule has 112 valence electrons. The van der Waals surface area contributed by atoms with Gasteiger partial charge in [-0.15, -0.1) is 0 Å². The van der Waals surface area contributed by atoms with Crippen LogP contribution in [-0.4, -0.2) is 64.8 Å². The van der Waals surface area contributed by atoms with Crippen LogP contribution in [-0.2, 0) is 9.53 Å². The van der Waals surface area contributed by atoms with Gasteiger partial charge in [-0.25, -0.2) is 4.79 Å². The Kier molecular flexibility index (Phi) is 3.53. The molecule has 3 aliphatic heterocycles. The van der Waals surface area contributed by atoms with Crippen molar-refractivity contribution in [2.24, 2.45) is 5.92 Å². The highest BCUT2D eigenvalue weighted by molar-refractivity contribution is 5.80. The Hall–Kier alpha value is -1.38. The van der Waals surface area contributed by atoms with Crippen LogP contribution in [0.4, 0.5) is 4.79 Å². The molecule has 0 radical (unpaired) electrons. The zero-order valence-corrected chi connectivity index (χ0v) is 11.0. The van der Waals surface area contributed by atoms with Gasteiger partial charge in [-0.3, -0.25) is 9.69 Å². The van der Waals surface area contributed by atoms with Crippen LogP contribution in [0.5, 0.6) is 0 Å². The van der Waals surface area contributed by atoms with Crippen LogP contribution >= 0.6 is 0 Å². The third kappa shape index (κ3) is 2.34. The number of urea groups is 1. The Labute approximate surface area is 116 Å². The zero-order chi connectivity index (χ0) is 14.3. The molecule has 8 nitrogen and oxygen atoms in total. The number of hydrogen-bond donors (Lipinski definition) is 4. The summed E-state index contributed by atoms with van der Waals surface area (Å²) in [4.78, 5) is 24.9. The van der Waals surface area contributed by atoms with Crippen molar-refractivity contribution >= 4 is 11.9 Å². The molecule has 0 aromatic rings. The highest BCUT2D eigenvalue weighted by Crippen LogP contribution is 2.28. The minimum absolute atomic E-state index is 0.0483. The number of carbonyl (C=O) groups is 2.